The second kappa shape index (κ2) is 11.3. The predicted molar refractivity (Wildman–Crippen MR) is 127 cm³/mol. The molecule has 0 saturated carbocycles. The molecule has 1 atom stereocenters. The van der Waals surface area contributed by atoms with Crippen LogP contribution in [-0.4, -0.2) is 82.6 Å². The Morgan fingerprint density at radius 1 is 1.03 bits per heavy atom. The Morgan fingerprint density at radius 3 is 2.32 bits per heavy atom. The molecule has 3 rings (SSSR count). The lowest BCUT2D eigenvalue weighted by atomic mass is 10.2. The Morgan fingerprint density at radius 2 is 1.71 bits per heavy atom. The van der Waals surface area contributed by atoms with Crippen molar-refractivity contribution >= 4 is 27.6 Å². The third-order valence-electron chi connectivity index (χ3n) is 5.50. The van der Waals surface area contributed by atoms with E-state index in [-0.39, 0.29) is 37.7 Å². The number of hydrogen-bond acceptors (Lipinski definition) is 6. The molecule has 2 aromatic rings. The molecular formula is C23H30N4O6S. The van der Waals surface area contributed by atoms with Gasteiger partial charge in [-0.25, -0.2) is 13.2 Å². The summed E-state index contributed by atoms with van der Waals surface area (Å²) in [6.07, 6.45) is 0. The zero-order valence-electron chi connectivity index (χ0n) is 19.5. The van der Waals surface area contributed by atoms with Gasteiger partial charge in [0.2, 0.25) is 15.9 Å². The number of carbonyl (C=O) groups is 2. The van der Waals surface area contributed by atoms with Gasteiger partial charge in [0.05, 0.1) is 18.6 Å². The molecular weight excluding hydrogens is 460 g/mol. The number of sulfonamides is 1. The van der Waals surface area contributed by atoms with Gasteiger partial charge in [-0.2, -0.15) is 4.31 Å². The van der Waals surface area contributed by atoms with Crippen LogP contribution in [0.5, 0.6) is 5.75 Å². The number of ether oxygens (including phenoxy) is 2. The smallest absolute Gasteiger partial charge is 0.321 e. The standard InChI is InChI=1S/C23H30N4O6S/c1-17-4-6-18(7-5-17)25-23(29)26-13-14-27(21(16-26)22(28)24-12-15-32-2)34(30,31)20-10-8-19(33-3)9-11-20/h4-11,21H,12-16H2,1-3H3,(H,24,28)(H,25,29). The summed E-state index contributed by atoms with van der Waals surface area (Å²) < 4.78 is 38.0. The highest BCUT2D eigenvalue weighted by Gasteiger charge is 2.41. The van der Waals surface area contributed by atoms with Crippen LogP contribution in [0.3, 0.4) is 0 Å². The number of hydrogen-bond donors (Lipinski definition) is 2. The van der Waals surface area contributed by atoms with E-state index in [9.17, 15) is 18.0 Å². The summed E-state index contributed by atoms with van der Waals surface area (Å²) >= 11 is 0. The van der Waals surface area contributed by atoms with E-state index in [4.69, 9.17) is 9.47 Å². The van der Waals surface area contributed by atoms with Crippen molar-refractivity contribution < 1.29 is 27.5 Å². The topological polar surface area (TPSA) is 117 Å². The SMILES string of the molecule is COCCNC(=O)C1CN(C(=O)Nc2ccc(C)cc2)CCN1S(=O)(=O)c1ccc(OC)cc1. The van der Waals surface area contributed by atoms with Gasteiger partial charge in [-0.05, 0) is 43.3 Å². The molecule has 10 nitrogen and oxygen atoms in total. The number of nitrogens with zero attached hydrogens (tertiary/aromatic N) is 2. The number of carbonyl (C=O) groups excluding carboxylic acids is 2. The van der Waals surface area contributed by atoms with Gasteiger partial charge in [0.25, 0.3) is 0 Å². The summed E-state index contributed by atoms with van der Waals surface area (Å²) in [4.78, 5) is 27.3. The molecule has 1 unspecified atom stereocenters. The molecule has 0 bridgehead atoms. The number of aryl methyl sites for hydroxylation is 1. The molecule has 0 aromatic heterocycles. The van der Waals surface area contributed by atoms with Crippen LogP contribution < -0.4 is 15.4 Å². The Kier molecular flexibility index (Phi) is 8.48. The number of benzene rings is 2. The van der Waals surface area contributed by atoms with Gasteiger partial charge in [-0.15, -0.1) is 0 Å². The van der Waals surface area contributed by atoms with Gasteiger partial charge in [0.15, 0.2) is 0 Å². The van der Waals surface area contributed by atoms with E-state index in [0.717, 1.165) is 9.87 Å². The van der Waals surface area contributed by atoms with E-state index in [0.29, 0.717) is 11.4 Å². The fourth-order valence-corrected chi connectivity index (χ4v) is 5.14. The molecule has 1 saturated heterocycles. The first-order chi connectivity index (χ1) is 16.3. The normalized spacial score (nSPS) is 16.7. The van der Waals surface area contributed by atoms with Gasteiger partial charge in [-0.3, -0.25) is 4.79 Å². The van der Waals surface area contributed by atoms with Crippen molar-refractivity contribution in [2.75, 3.05) is 52.3 Å². The van der Waals surface area contributed by atoms with Gasteiger partial charge < -0.3 is 25.0 Å². The number of amides is 3. The van der Waals surface area contributed by atoms with E-state index >= 15 is 0 Å². The van der Waals surface area contributed by atoms with Crippen LogP contribution in [-0.2, 0) is 19.6 Å². The van der Waals surface area contributed by atoms with Crippen molar-refractivity contribution in [3.63, 3.8) is 0 Å². The molecule has 34 heavy (non-hydrogen) atoms. The fraction of sp³-hybridized carbons (Fsp3) is 0.391. The van der Waals surface area contributed by atoms with E-state index < -0.39 is 28.0 Å². The molecule has 0 aliphatic carbocycles. The maximum atomic E-state index is 13.4. The molecule has 3 amide bonds. The summed E-state index contributed by atoms with van der Waals surface area (Å²) in [6.45, 7) is 2.46. The molecule has 2 aromatic carbocycles. The first-order valence-electron chi connectivity index (χ1n) is 10.8. The maximum absolute atomic E-state index is 13.4. The third kappa shape index (κ3) is 6.04. The van der Waals surface area contributed by atoms with Crippen LogP contribution >= 0.6 is 0 Å². The van der Waals surface area contributed by atoms with E-state index in [1.165, 1.54) is 31.3 Å². The van der Waals surface area contributed by atoms with Crippen molar-refractivity contribution in [2.45, 2.75) is 17.9 Å². The lowest BCUT2D eigenvalue weighted by molar-refractivity contribution is -0.126. The van der Waals surface area contributed by atoms with Crippen molar-refractivity contribution in [3.05, 3.63) is 54.1 Å². The minimum absolute atomic E-state index is 0.0297. The number of piperazine rings is 1. The van der Waals surface area contributed by atoms with Crippen molar-refractivity contribution in [3.8, 4) is 5.75 Å². The predicted octanol–water partition coefficient (Wildman–Crippen LogP) is 1.67. The van der Waals surface area contributed by atoms with Crippen LogP contribution in [0.15, 0.2) is 53.4 Å². The van der Waals surface area contributed by atoms with Gasteiger partial charge in [0, 0.05) is 39.0 Å². The molecule has 1 fully saturated rings. The number of nitrogens with one attached hydrogen (secondary N) is 2. The Labute approximate surface area is 199 Å². The first-order valence-corrected chi connectivity index (χ1v) is 12.3. The largest absolute Gasteiger partial charge is 0.497 e. The first kappa shape index (κ1) is 25.5. The maximum Gasteiger partial charge on any atom is 0.321 e. The third-order valence-corrected chi connectivity index (χ3v) is 7.42. The summed E-state index contributed by atoms with van der Waals surface area (Å²) in [7, 11) is -1.00. The Bertz CT molecular complexity index is 1090. The molecule has 1 aliphatic heterocycles. The van der Waals surface area contributed by atoms with Gasteiger partial charge in [0.1, 0.15) is 11.8 Å². The summed E-state index contributed by atoms with van der Waals surface area (Å²) in [5, 5.41) is 5.49. The molecule has 11 heteroatoms. The van der Waals surface area contributed by atoms with Crippen molar-refractivity contribution in [1.82, 2.24) is 14.5 Å². The molecule has 0 spiro atoms. The number of anilines is 1. The fourth-order valence-electron chi connectivity index (χ4n) is 3.57. The van der Waals surface area contributed by atoms with Gasteiger partial charge >= 0.3 is 6.03 Å². The van der Waals surface area contributed by atoms with Crippen molar-refractivity contribution in [2.24, 2.45) is 0 Å². The number of urea groups is 1. The Balaban J connectivity index is 1.81. The number of methoxy groups -OCH3 is 2. The summed E-state index contributed by atoms with van der Waals surface area (Å²) in [5.41, 5.74) is 1.67. The molecule has 184 valence electrons. The van der Waals surface area contributed by atoms with E-state index in [1.54, 1.807) is 24.3 Å². The minimum Gasteiger partial charge on any atom is -0.497 e. The second-order valence-electron chi connectivity index (χ2n) is 7.83. The minimum atomic E-state index is -4.00. The van der Waals surface area contributed by atoms with Crippen LogP contribution in [0.25, 0.3) is 0 Å². The monoisotopic (exact) mass is 490 g/mol. The zero-order chi connectivity index (χ0) is 24.7. The average Bonchev–Trinajstić information content (AvgIpc) is 2.85. The molecule has 0 radical (unpaired) electrons. The quantitative estimate of drug-likeness (QED) is 0.544. The van der Waals surface area contributed by atoms with Crippen LogP contribution in [0.2, 0.25) is 0 Å². The average molecular weight is 491 g/mol. The summed E-state index contributed by atoms with van der Waals surface area (Å²) in [6, 6.07) is 11.8. The second-order valence-corrected chi connectivity index (χ2v) is 9.72. The van der Waals surface area contributed by atoms with E-state index in [2.05, 4.69) is 10.6 Å². The Hall–Kier alpha value is -3.15. The zero-order valence-corrected chi connectivity index (χ0v) is 20.3. The lowest BCUT2D eigenvalue weighted by Gasteiger charge is -2.39. The highest BCUT2D eigenvalue weighted by atomic mass is 32.2. The highest BCUT2D eigenvalue weighted by Crippen LogP contribution is 2.24. The highest BCUT2D eigenvalue weighted by molar-refractivity contribution is 7.89. The molecule has 1 aliphatic rings. The van der Waals surface area contributed by atoms with Gasteiger partial charge in [-0.1, -0.05) is 17.7 Å². The number of rotatable bonds is 8. The molecule has 1 heterocycles. The van der Waals surface area contributed by atoms with Crippen molar-refractivity contribution in [1.29, 1.82) is 0 Å². The lowest BCUT2D eigenvalue weighted by Crippen LogP contribution is -2.62. The van der Waals surface area contributed by atoms with Crippen LogP contribution in [0.4, 0.5) is 10.5 Å². The van der Waals surface area contributed by atoms with E-state index in [1.807, 2.05) is 19.1 Å². The summed E-state index contributed by atoms with van der Waals surface area (Å²) in [5.74, 6) is 0.0207. The van der Waals surface area contributed by atoms with Crippen LogP contribution in [0, 0.1) is 6.92 Å². The molecule has 2 N–H and O–H groups in total. The van der Waals surface area contributed by atoms with Crippen LogP contribution in [0.1, 0.15) is 5.56 Å².